The predicted octanol–water partition coefficient (Wildman–Crippen LogP) is 2.07. The molecule has 0 saturated carbocycles. The van der Waals surface area contributed by atoms with Crippen LogP contribution < -0.4 is 0 Å². The molecular formula is C2H7Cl3Ru. The Morgan fingerprint density at radius 2 is 0.667 bits per heavy atom. The molecule has 4 heteroatoms. The number of hydrogen-bond acceptors (Lipinski definition) is 0. The van der Waals surface area contributed by atoms with Gasteiger partial charge in [-0.15, -0.1) is 50.4 Å². The molecular weight excluding hydrogens is 231 g/mol. The minimum Gasteiger partial charge on any atom is -0.147 e. The standard InChI is InChI=1S/C2H4.3ClH.Ru/c1-2;;;;/h1-2H2;3*1H;. The third kappa shape index (κ3) is 61.7. The first-order valence-corrected chi connectivity index (χ1v) is 0.500. The molecule has 0 atom stereocenters. The summed E-state index contributed by atoms with van der Waals surface area (Å²) in [4.78, 5) is 0. The summed E-state index contributed by atoms with van der Waals surface area (Å²) in [6.45, 7) is 6.00. The molecule has 0 aromatic carbocycles. The topological polar surface area (TPSA) is 0 Å². The van der Waals surface area contributed by atoms with Crippen molar-refractivity contribution in [2.75, 3.05) is 0 Å². The van der Waals surface area contributed by atoms with Gasteiger partial charge in [-0.1, -0.05) is 0 Å². The normalized spacial score (nSPS) is 0.667. The first-order valence-electron chi connectivity index (χ1n) is 0.500. The van der Waals surface area contributed by atoms with Gasteiger partial charge in [0.15, 0.2) is 0 Å². The zero-order chi connectivity index (χ0) is 2.00. The molecule has 0 aliphatic carbocycles. The van der Waals surface area contributed by atoms with E-state index >= 15 is 0 Å². The zero-order valence-electron chi connectivity index (χ0n) is 2.99. The maximum Gasteiger partial charge on any atom is 0 e. The van der Waals surface area contributed by atoms with Crippen molar-refractivity contribution >= 4 is 37.2 Å². The summed E-state index contributed by atoms with van der Waals surface area (Å²) in [6, 6.07) is 0. The molecule has 0 saturated heterocycles. The van der Waals surface area contributed by atoms with Gasteiger partial charge in [-0.2, -0.15) is 0 Å². The Morgan fingerprint density at radius 3 is 0.667 bits per heavy atom. The van der Waals surface area contributed by atoms with Crippen molar-refractivity contribution < 1.29 is 19.5 Å². The van der Waals surface area contributed by atoms with Gasteiger partial charge in [0.05, 0.1) is 0 Å². The van der Waals surface area contributed by atoms with Gasteiger partial charge in [0, 0.05) is 19.5 Å². The molecule has 0 radical (unpaired) electrons. The summed E-state index contributed by atoms with van der Waals surface area (Å²) in [5.74, 6) is 0. The first kappa shape index (κ1) is 56.3. The van der Waals surface area contributed by atoms with E-state index in [0.29, 0.717) is 0 Å². The monoisotopic (exact) mass is 238 g/mol. The third-order valence-electron chi connectivity index (χ3n) is 0. The largest absolute Gasteiger partial charge is 0.147 e. The molecule has 0 unspecified atom stereocenters. The van der Waals surface area contributed by atoms with Crippen molar-refractivity contribution in [1.82, 2.24) is 0 Å². The van der Waals surface area contributed by atoms with Crippen LogP contribution in [0.4, 0.5) is 0 Å². The fourth-order valence-corrected chi connectivity index (χ4v) is 0. The Hall–Kier alpha value is 1.23. The maximum atomic E-state index is 3.00. The van der Waals surface area contributed by atoms with Crippen LogP contribution in [0.5, 0.6) is 0 Å². The molecule has 0 aliphatic rings. The minimum atomic E-state index is 0. The smallest absolute Gasteiger partial charge is 0 e. The van der Waals surface area contributed by atoms with Crippen LogP contribution in [-0.4, -0.2) is 0 Å². The van der Waals surface area contributed by atoms with E-state index in [1.165, 1.54) is 0 Å². The Bertz CT molecular complexity index is 8.75. The number of rotatable bonds is 0. The summed E-state index contributed by atoms with van der Waals surface area (Å²) in [6.07, 6.45) is 0. The van der Waals surface area contributed by atoms with Gasteiger partial charge in [-0.25, -0.2) is 0 Å². The SMILES string of the molecule is C=C.Cl.Cl.Cl.[Ru]. The van der Waals surface area contributed by atoms with E-state index < -0.39 is 0 Å². The number of halogens is 3. The molecule has 0 bridgehead atoms. The van der Waals surface area contributed by atoms with Gasteiger partial charge in [-0.3, -0.25) is 0 Å². The van der Waals surface area contributed by atoms with Crippen molar-refractivity contribution in [2.45, 2.75) is 0 Å². The van der Waals surface area contributed by atoms with Gasteiger partial charge in [-0.05, 0) is 0 Å². The fraction of sp³-hybridized carbons (Fsp3) is 0. The minimum absolute atomic E-state index is 0. The van der Waals surface area contributed by atoms with E-state index in [0.717, 1.165) is 0 Å². The van der Waals surface area contributed by atoms with E-state index in [2.05, 4.69) is 13.2 Å². The first-order chi connectivity index (χ1) is 1.00. The summed E-state index contributed by atoms with van der Waals surface area (Å²) < 4.78 is 0. The van der Waals surface area contributed by atoms with Crippen molar-refractivity contribution in [3.05, 3.63) is 13.2 Å². The molecule has 0 spiro atoms. The Kier molecular flexibility index (Phi) is 1050. The van der Waals surface area contributed by atoms with Gasteiger partial charge < -0.3 is 0 Å². The van der Waals surface area contributed by atoms with E-state index in [1.807, 2.05) is 0 Å². The van der Waals surface area contributed by atoms with E-state index in [1.54, 1.807) is 0 Å². The Morgan fingerprint density at radius 1 is 0.667 bits per heavy atom. The molecule has 44 valence electrons. The number of hydrogen-bond donors (Lipinski definition) is 0. The van der Waals surface area contributed by atoms with Crippen LogP contribution in [0, 0.1) is 0 Å². The fourth-order valence-electron chi connectivity index (χ4n) is 0. The summed E-state index contributed by atoms with van der Waals surface area (Å²) in [5, 5.41) is 0. The van der Waals surface area contributed by atoms with Gasteiger partial charge in [0.1, 0.15) is 0 Å². The Labute approximate surface area is 69.8 Å². The van der Waals surface area contributed by atoms with Crippen molar-refractivity contribution in [2.24, 2.45) is 0 Å². The molecule has 0 amide bonds. The quantitative estimate of drug-likeness (QED) is 0.448. The molecule has 0 aliphatic heterocycles. The average Bonchev–Trinajstić information content (AvgIpc) is 1.00. The summed E-state index contributed by atoms with van der Waals surface area (Å²) >= 11 is 0. The maximum absolute atomic E-state index is 3.00. The van der Waals surface area contributed by atoms with Gasteiger partial charge in [0.25, 0.3) is 0 Å². The van der Waals surface area contributed by atoms with E-state index in [-0.39, 0.29) is 56.7 Å². The second-order valence-corrected chi connectivity index (χ2v) is 0. The molecule has 0 aromatic rings. The predicted molar refractivity (Wildman–Crippen MR) is 33.0 cm³/mol. The van der Waals surface area contributed by atoms with Crippen LogP contribution in [-0.2, 0) is 19.5 Å². The van der Waals surface area contributed by atoms with Crippen molar-refractivity contribution in [3.8, 4) is 0 Å². The molecule has 6 heavy (non-hydrogen) atoms. The van der Waals surface area contributed by atoms with Crippen molar-refractivity contribution in [1.29, 1.82) is 0 Å². The van der Waals surface area contributed by atoms with Crippen LogP contribution >= 0.6 is 37.2 Å². The van der Waals surface area contributed by atoms with Crippen molar-refractivity contribution in [3.63, 3.8) is 0 Å². The van der Waals surface area contributed by atoms with Gasteiger partial charge >= 0.3 is 0 Å². The molecule has 0 rings (SSSR count). The molecule has 0 heterocycles. The molecule has 0 aromatic heterocycles. The third-order valence-corrected chi connectivity index (χ3v) is 0. The molecule has 0 N–H and O–H groups in total. The second-order valence-electron chi connectivity index (χ2n) is 0. The summed E-state index contributed by atoms with van der Waals surface area (Å²) in [5.41, 5.74) is 0. The summed E-state index contributed by atoms with van der Waals surface area (Å²) in [7, 11) is 0. The van der Waals surface area contributed by atoms with Gasteiger partial charge in [0.2, 0.25) is 0 Å². The average molecular weight is 239 g/mol. The Balaban J connectivity index is -0.000000000833. The molecule has 0 nitrogen and oxygen atoms in total. The molecule has 0 fully saturated rings. The zero-order valence-corrected chi connectivity index (χ0v) is 7.18. The van der Waals surface area contributed by atoms with Crippen LogP contribution in [0.3, 0.4) is 0 Å². The van der Waals surface area contributed by atoms with E-state index in [9.17, 15) is 0 Å². The second kappa shape index (κ2) is 112. The van der Waals surface area contributed by atoms with Crippen LogP contribution in [0.2, 0.25) is 0 Å². The van der Waals surface area contributed by atoms with Crippen LogP contribution in [0.1, 0.15) is 0 Å². The van der Waals surface area contributed by atoms with Crippen LogP contribution in [0.25, 0.3) is 0 Å². The van der Waals surface area contributed by atoms with Crippen LogP contribution in [0.15, 0.2) is 13.2 Å². The van der Waals surface area contributed by atoms with E-state index in [4.69, 9.17) is 0 Å².